The van der Waals surface area contributed by atoms with E-state index in [4.69, 9.17) is 44.0 Å². The standard InChI is InChI=1S/C23H13BrCl3N3O5/c24-17-5-12(6-19(27)22(17)34-11-13-1-2-15(25)9-18(13)26)10-28-29-23(31)21-8-14-7-16(30(32)33)3-4-20(14)35-21/h1-10H,11H2,(H,29,31)/b28-10-. The van der Waals surface area contributed by atoms with Gasteiger partial charge in [0, 0.05) is 33.1 Å². The smallest absolute Gasteiger partial charge is 0.307 e. The van der Waals surface area contributed by atoms with Crippen molar-refractivity contribution < 1.29 is 18.9 Å². The molecule has 0 aliphatic heterocycles. The van der Waals surface area contributed by atoms with Crippen LogP contribution in [0.25, 0.3) is 11.0 Å². The summed E-state index contributed by atoms with van der Waals surface area (Å²) in [5.41, 5.74) is 3.91. The van der Waals surface area contributed by atoms with Gasteiger partial charge in [-0.2, -0.15) is 5.10 Å². The van der Waals surface area contributed by atoms with Crippen LogP contribution < -0.4 is 10.2 Å². The van der Waals surface area contributed by atoms with Crippen molar-refractivity contribution in [3.63, 3.8) is 0 Å². The summed E-state index contributed by atoms with van der Waals surface area (Å²) < 4.78 is 11.8. The van der Waals surface area contributed by atoms with Gasteiger partial charge in [-0.15, -0.1) is 0 Å². The maximum absolute atomic E-state index is 12.4. The number of benzene rings is 3. The molecule has 0 unspecified atom stereocenters. The number of hydrogen-bond donors (Lipinski definition) is 1. The molecule has 178 valence electrons. The Labute approximate surface area is 221 Å². The molecule has 0 atom stereocenters. The number of hydrogen-bond acceptors (Lipinski definition) is 6. The van der Waals surface area contributed by atoms with Crippen molar-refractivity contribution in [2.75, 3.05) is 0 Å². The zero-order valence-corrected chi connectivity index (χ0v) is 21.3. The molecule has 0 aliphatic rings. The van der Waals surface area contributed by atoms with Crippen LogP contribution in [0.15, 0.2) is 68.6 Å². The molecule has 35 heavy (non-hydrogen) atoms. The van der Waals surface area contributed by atoms with Gasteiger partial charge in [-0.05, 0) is 57.9 Å². The molecular weight excluding hydrogens is 585 g/mol. The van der Waals surface area contributed by atoms with Gasteiger partial charge in [0.15, 0.2) is 11.5 Å². The van der Waals surface area contributed by atoms with Gasteiger partial charge in [0.05, 0.1) is 20.6 Å². The number of nitro groups is 1. The van der Waals surface area contributed by atoms with Crippen molar-refractivity contribution in [1.29, 1.82) is 0 Å². The number of nitro benzene ring substituents is 1. The van der Waals surface area contributed by atoms with Crippen LogP contribution in [0.3, 0.4) is 0 Å². The molecule has 0 saturated carbocycles. The third-order valence-corrected chi connectivity index (χ3v) is 6.18. The van der Waals surface area contributed by atoms with Crippen LogP contribution in [0.1, 0.15) is 21.7 Å². The number of carbonyl (C=O) groups excluding carboxylic acids is 1. The van der Waals surface area contributed by atoms with Gasteiger partial charge in [-0.1, -0.05) is 40.9 Å². The van der Waals surface area contributed by atoms with Crippen LogP contribution in [0.4, 0.5) is 5.69 Å². The van der Waals surface area contributed by atoms with Crippen molar-refractivity contribution in [1.82, 2.24) is 5.43 Å². The molecule has 3 aromatic carbocycles. The Bertz CT molecular complexity index is 1470. The van der Waals surface area contributed by atoms with E-state index in [1.807, 2.05) is 0 Å². The maximum atomic E-state index is 12.4. The molecule has 1 aromatic heterocycles. The average Bonchev–Trinajstić information content (AvgIpc) is 3.23. The van der Waals surface area contributed by atoms with E-state index in [1.165, 1.54) is 30.5 Å². The van der Waals surface area contributed by atoms with Gasteiger partial charge in [-0.3, -0.25) is 14.9 Å². The summed E-state index contributed by atoms with van der Waals surface area (Å²) >= 11 is 21.9. The van der Waals surface area contributed by atoms with E-state index in [2.05, 4.69) is 26.5 Å². The van der Waals surface area contributed by atoms with E-state index >= 15 is 0 Å². The van der Waals surface area contributed by atoms with E-state index in [0.29, 0.717) is 41.8 Å². The number of ether oxygens (including phenoxy) is 1. The number of halogens is 4. The van der Waals surface area contributed by atoms with E-state index in [0.717, 1.165) is 5.56 Å². The molecule has 0 radical (unpaired) electrons. The number of rotatable bonds is 7. The number of furan rings is 1. The topological polar surface area (TPSA) is 107 Å². The number of non-ortho nitro benzene ring substituents is 1. The summed E-state index contributed by atoms with van der Waals surface area (Å²) in [5.74, 6) is -0.248. The molecular formula is C23H13BrCl3N3O5. The van der Waals surface area contributed by atoms with Gasteiger partial charge >= 0.3 is 5.91 Å². The number of amides is 1. The number of carbonyl (C=O) groups is 1. The molecule has 8 nitrogen and oxygen atoms in total. The van der Waals surface area contributed by atoms with Crippen molar-refractivity contribution in [2.24, 2.45) is 5.10 Å². The van der Waals surface area contributed by atoms with E-state index in [1.54, 1.807) is 30.3 Å². The molecule has 1 heterocycles. The van der Waals surface area contributed by atoms with Crippen molar-refractivity contribution >= 4 is 79.5 Å². The normalized spacial score (nSPS) is 11.2. The third kappa shape index (κ3) is 5.94. The van der Waals surface area contributed by atoms with Gasteiger partial charge in [0.1, 0.15) is 12.2 Å². The first-order valence-electron chi connectivity index (χ1n) is 9.78. The quantitative estimate of drug-likeness (QED) is 0.136. The molecule has 0 aliphatic carbocycles. The van der Waals surface area contributed by atoms with Gasteiger partial charge < -0.3 is 9.15 Å². The van der Waals surface area contributed by atoms with E-state index < -0.39 is 10.8 Å². The first kappa shape index (κ1) is 25.0. The second-order valence-electron chi connectivity index (χ2n) is 7.13. The molecule has 0 bridgehead atoms. The Hall–Kier alpha value is -3.11. The zero-order chi connectivity index (χ0) is 25.1. The second-order valence-corrected chi connectivity index (χ2v) is 9.23. The highest BCUT2D eigenvalue weighted by atomic mass is 79.9. The summed E-state index contributed by atoms with van der Waals surface area (Å²) in [6.07, 6.45) is 1.39. The summed E-state index contributed by atoms with van der Waals surface area (Å²) in [6, 6.07) is 13.9. The van der Waals surface area contributed by atoms with Crippen LogP contribution in [0.5, 0.6) is 5.75 Å². The Kier molecular flexibility index (Phi) is 7.61. The number of nitrogens with one attached hydrogen (secondary N) is 1. The van der Waals surface area contributed by atoms with Gasteiger partial charge in [0.25, 0.3) is 5.69 Å². The number of nitrogens with zero attached hydrogens (tertiary/aromatic N) is 2. The molecule has 4 rings (SSSR count). The minimum Gasteiger partial charge on any atom is -0.486 e. The molecule has 0 fully saturated rings. The summed E-state index contributed by atoms with van der Waals surface area (Å²) in [6.45, 7) is 0.179. The number of hydrazone groups is 1. The highest BCUT2D eigenvalue weighted by molar-refractivity contribution is 9.10. The lowest BCUT2D eigenvalue weighted by Gasteiger charge is -2.12. The fourth-order valence-electron chi connectivity index (χ4n) is 3.06. The lowest BCUT2D eigenvalue weighted by molar-refractivity contribution is -0.384. The van der Waals surface area contributed by atoms with Crippen LogP contribution in [0.2, 0.25) is 15.1 Å². The summed E-state index contributed by atoms with van der Waals surface area (Å²) in [7, 11) is 0. The minimum absolute atomic E-state index is 0.0403. The Morgan fingerprint density at radius 1 is 1.11 bits per heavy atom. The second kappa shape index (κ2) is 10.7. The largest absolute Gasteiger partial charge is 0.486 e. The van der Waals surface area contributed by atoms with Crippen LogP contribution in [-0.4, -0.2) is 17.0 Å². The Morgan fingerprint density at radius 3 is 2.63 bits per heavy atom. The lowest BCUT2D eigenvalue weighted by Crippen LogP contribution is -2.16. The lowest BCUT2D eigenvalue weighted by atomic mass is 10.2. The first-order chi connectivity index (χ1) is 16.7. The van der Waals surface area contributed by atoms with Crippen molar-refractivity contribution in [3.05, 3.63) is 101 Å². The van der Waals surface area contributed by atoms with Crippen LogP contribution >= 0.6 is 50.7 Å². The van der Waals surface area contributed by atoms with Gasteiger partial charge in [0.2, 0.25) is 0 Å². The Balaban J connectivity index is 1.42. The predicted octanol–water partition coefficient (Wildman–Crippen LogP) is 7.41. The summed E-state index contributed by atoms with van der Waals surface area (Å²) in [4.78, 5) is 22.7. The Morgan fingerprint density at radius 2 is 1.91 bits per heavy atom. The molecule has 1 N–H and O–H groups in total. The van der Waals surface area contributed by atoms with Crippen molar-refractivity contribution in [3.8, 4) is 5.75 Å². The molecule has 0 spiro atoms. The average molecular weight is 598 g/mol. The summed E-state index contributed by atoms with van der Waals surface area (Å²) in [5, 5.41) is 16.6. The predicted molar refractivity (Wildman–Crippen MR) is 138 cm³/mol. The molecule has 1 amide bonds. The fraction of sp³-hybridized carbons (Fsp3) is 0.0435. The van der Waals surface area contributed by atoms with E-state index in [-0.39, 0.29) is 18.1 Å². The van der Waals surface area contributed by atoms with Crippen LogP contribution in [0, 0.1) is 10.1 Å². The SMILES string of the molecule is O=C(N/N=C\c1cc(Cl)c(OCc2ccc(Cl)cc2Cl)c(Br)c1)c1cc2cc([N+](=O)[O-])ccc2o1. The van der Waals surface area contributed by atoms with Crippen LogP contribution in [-0.2, 0) is 6.61 Å². The first-order valence-corrected chi connectivity index (χ1v) is 11.7. The minimum atomic E-state index is -0.620. The fourth-order valence-corrected chi connectivity index (χ4v) is 4.51. The highest BCUT2D eigenvalue weighted by Gasteiger charge is 2.15. The van der Waals surface area contributed by atoms with Crippen molar-refractivity contribution in [2.45, 2.75) is 6.61 Å². The third-order valence-electron chi connectivity index (χ3n) is 4.72. The highest BCUT2D eigenvalue weighted by Crippen LogP contribution is 2.35. The monoisotopic (exact) mass is 595 g/mol. The molecule has 0 saturated heterocycles. The van der Waals surface area contributed by atoms with Gasteiger partial charge in [-0.25, -0.2) is 5.43 Å². The maximum Gasteiger partial charge on any atom is 0.307 e. The van der Waals surface area contributed by atoms with E-state index in [9.17, 15) is 14.9 Å². The zero-order valence-electron chi connectivity index (χ0n) is 17.4. The number of fused-ring (bicyclic) bond motifs is 1. The molecule has 4 aromatic rings. The molecule has 12 heteroatoms.